The molecule has 5 nitrogen and oxygen atoms in total. The smallest absolute Gasteiger partial charge is 0.226 e. The molecular weight excluding hydrogens is 404 g/mol. The minimum absolute atomic E-state index is 0.0549. The van der Waals surface area contributed by atoms with E-state index in [2.05, 4.69) is 62.6 Å². The molecule has 2 heterocycles. The van der Waals surface area contributed by atoms with Gasteiger partial charge in [0.25, 0.3) is 0 Å². The second-order valence-electron chi connectivity index (χ2n) is 8.03. The molecule has 3 aromatic rings. The largest absolute Gasteiger partial charge is 0.354 e. The van der Waals surface area contributed by atoms with Crippen LogP contribution in [0, 0.1) is 0 Å². The number of carbonyl (C=O) groups excluding carboxylic acids is 1. The lowest BCUT2D eigenvalue weighted by Gasteiger charge is -2.34. The molecule has 0 aliphatic carbocycles. The van der Waals surface area contributed by atoms with E-state index in [0.717, 1.165) is 56.4 Å². The quantitative estimate of drug-likeness (QED) is 0.562. The summed E-state index contributed by atoms with van der Waals surface area (Å²) in [6, 6.07) is 21.0. The van der Waals surface area contributed by atoms with Crippen molar-refractivity contribution in [3.05, 3.63) is 87.9 Å². The van der Waals surface area contributed by atoms with Gasteiger partial charge in [0.2, 0.25) is 5.91 Å². The van der Waals surface area contributed by atoms with E-state index in [1.165, 1.54) is 11.1 Å². The third kappa shape index (κ3) is 6.99. The molecule has 6 heteroatoms. The predicted molar refractivity (Wildman–Crippen MR) is 126 cm³/mol. The van der Waals surface area contributed by atoms with E-state index in [4.69, 9.17) is 0 Å². The molecule has 0 atom stereocenters. The van der Waals surface area contributed by atoms with E-state index in [1.54, 1.807) is 11.3 Å². The van der Waals surface area contributed by atoms with E-state index in [-0.39, 0.29) is 5.91 Å². The molecule has 0 spiro atoms. The lowest BCUT2D eigenvalue weighted by atomic mass is 10.2. The van der Waals surface area contributed by atoms with Crippen molar-refractivity contribution in [3.63, 3.8) is 0 Å². The number of benzene rings is 2. The molecule has 0 radical (unpaired) electrons. The maximum absolute atomic E-state index is 12.3. The van der Waals surface area contributed by atoms with Gasteiger partial charge in [-0.05, 0) is 11.1 Å². The average Bonchev–Trinajstić information content (AvgIpc) is 3.23. The fraction of sp³-hybridized carbons (Fsp3) is 0.360. The van der Waals surface area contributed by atoms with Gasteiger partial charge in [-0.25, -0.2) is 4.98 Å². The van der Waals surface area contributed by atoms with Crippen LogP contribution in [0.3, 0.4) is 0 Å². The van der Waals surface area contributed by atoms with Gasteiger partial charge in [-0.1, -0.05) is 60.7 Å². The molecule has 1 N–H and O–H groups in total. The van der Waals surface area contributed by atoms with Crippen LogP contribution in [0.1, 0.15) is 21.8 Å². The maximum atomic E-state index is 12.3. The van der Waals surface area contributed by atoms with E-state index < -0.39 is 0 Å². The highest BCUT2D eigenvalue weighted by atomic mass is 32.1. The molecule has 1 saturated heterocycles. The van der Waals surface area contributed by atoms with Crippen LogP contribution in [0.15, 0.2) is 66.0 Å². The van der Waals surface area contributed by atoms with E-state index in [9.17, 15) is 4.79 Å². The zero-order valence-corrected chi connectivity index (χ0v) is 18.7. The van der Waals surface area contributed by atoms with Gasteiger partial charge in [0.05, 0.1) is 17.1 Å². The molecule has 4 rings (SSSR count). The Morgan fingerprint density at radius 1 is 0.903 bits per heavy atom. The Morgan fingerprint density at radius 3 is 2.26 bits per heavy atom. The normalized spacial score (nSPS) is 15.1. The lowest BCUT2D eigenvalue weighted by molar-refractivity contribution is -0.120. The van der Waals surface area contributed by atoms with Gasteiger partial charge in [-0.15, -0.1) is 11.3 Å². The Bertz CT molecular complexity index is 936. The van der Waals surface area contributed by atoms with Crippen molar-refractivity contribution >= 4 is 17.2 Å². The number of thiazole rings is 1. The third-order valence-corrected chi connectivity index (χ3v) is 6.50. The molecule has 2 aromatic carbocycles. The van der Waals surface area contributed by atoms with Crippen molar-refractivity contribution in [2.45, 2.75) is 19.4 Å². The standard InChI is InChI=1S/C25H30N4OS/c30-24(18-23-20-31-25(27-23)17-21-7-3-1-4-8-21)26-11-12-28-13-15-29(16-14-28)19-22-9-5-2-6-10-22/h1-10,20H,11-19H2,(H,26,30). The number of piperazine rings is 1. The summed E-state index contributed by atoms with van der Waals surface area (Å²) in [5.41, 5.74) is 3.48. The second-order valence-corrected chi connectivity index (χ2v) is 8.97. The summed E-state index contributed by atoms with van der Waals surface area (Å²) in [7, 11) is 0. The van der Waals surface area contributed by atoms with Crippen molar-refractivity contribution in [1.29, 1.82) is 0 Å². The number of amides is 1. The first-order chi connectivity index (χ1) is 15.2. The van der Waals surface area contributed by atoms with Crippen LogP contribution in [-0.2, 0) is 24.2 Å². The van der Waals surface area contributed by atoms with Gasteiger partial charge < -0.3 is 5.32 Å². The molecule has 0 unspecified atom stereocenters. The first-order valence-electron chi connectivity index (χ1n) is 11.0. The van der Waals surface area contributed by atoms with Crippen molar-refractivity contribution in [2.24, 2.45) is 0 Å². The van der Waals surface area contributed by atoms with Crippen molar-refractivity contribution < 1.29 is 4.79 Å². The van der Waals surface area contributed by atoms with Gasteiger partial charge in [0.15, 0.2) is 0 Å². The van der Waals surface area contributed by atoms with Crippen molar-refractivity contribution in [1.82, 2.24) is 20.1 Å². The topological polar surface area (TPSA) is 48.5 Å². The van der Waals surface area contributed by atoms with Crippen molar-refractivity contribution in [2.75, 3.05) is 39.3 Å². The first kappa shape index (κ1) is 21.7. The number of carbonyl (C=O) groups is 1. The van der Waals surface area contributed by atoms with Gasteiger partial charge in [-0.3, -0.25) is 14.6 Å². The van der Waals surface area contributed by atoms with E-state index >= 15 is 0 Å². The molecule has 1 fully saturated rings. The number of rotatable bonds is 9. The van der Waals surface area contributed by atoms with Gasteiger partial charge in [-0.2, -0.15) is 0 Å². The van der Waals surface area contributed by atoms with E-state index in [1.807, 2.05) is 23.6 Å². The van der Waals surface area contributed by atoms with Gasteiger partial charge in [0.1, 0.15) is 0 Å². The third-order valence-electron chi connectivity index (χ3n) is 5.60. The SMILES string of the molecule is O=C(Cc1csc(Cc2ccccc2)n1)NCCN1CCN(Cc2ccccc2)CC1. The van der Waals surface area contributed by atoms with Crippen LogP contribution in [0.5, 0.6) is 0 Å². The van der Waals surface area contributed by atoms with Crippen LogP contribution in [0.25, 0.3) is 0 Å². The monoisotopic (exact) mass is 434 g/mol. The number of hydrogen-bond donors (Lipinski definition) is 1. The summed E-state index contributed by atoms with van der Waals surface area (Å²) in [5, 5.41) is 6.12. The van der Waals surface area contributed by atoms with Crippen LogP contribution < -0.4 is 5.32 Å². The maximum Gasteiger partial charge on any atom is 0.226 e. The fourth-order valence-corrected chi connectivity index (χ4v) is 4.70. The van der Waals surface area contributed by atoms with Gasteiger partial charge >= 0.3 is 0 Å². The summed E-state index contributed by atoms with van der Waals surface area (Å²) >= 11 is 1.63. The molecule has 0 bridgehead atoms. The van der Waals surface area contributed by atoms with Crippen LogP contribution >= 0.6 is 11.3 Å². The van der Waals surface area contributed by atoms with E-state index in [0.29, 0.717) is 13.0 Å². The number of nitrogens with zero attached hydrogens (tertiary/aromatic N) is 3. The highest BCUT2D eigenvalue weighted by Gasteiger charge is 2.17. The summed E-state index contributed by atoms with van der Waals surface area (Å²) in [5.74, 6) is 0.0549. The highest BCUT2D eigenvalue weighted by Crippen LogP contribution is 2.15. The summed E-state index contributed by atoms with van der Waals surface area (Å²) in [4.78, 5) is 21.9. The summed E-state index contributed by atoms with van der Waals surface area (Å²) in [6.07, 6.45) is 1.18. The summed E-state index contributed by atoms with van der Waals surface area (Å²) in [6.45, 7) is 6.87. The minimum atomic E-state index is 0.0549. The number of nitrogens with one attached hydrogen (secondary N) is 1. The zero-order chi connectivity index (χ0) is 21.3. The Kier molecular flexibility index (Phi) is 7.82. The Labute approximate surface area is 188 Å². The van der Waals surface area contributed by atoms with Crippen LogP contribution in [0.4, 0.5) is 0 Å². The Balaban J connectivity index is 1.12. The van der Waals surface area contributed by atoms with Gasteiger partial charge in [0, 0.05) is 57.6 Å². The molecule has 1 aliphatic heterocycles. The second kappa shape index (κ2) is 11.2. The van der Waals surface area contributed by atoms with Crippen molar-refractivity contribution in [3.8, 4) is 0 Å². The molecule has 0 saturated carbocycles. The molecule has 1 amide bonds. The molecule has 31 heavy (non-hydrogen) atoms. The molecule has 1 aliphatic rings. The zero-order valence-electron chi connectivity index (χ0n) is 17.9. The highest BCUT2D eigenvalue weighted by molar-refractivity contribution is 7.09. The lowest BCUT2D eigenvalue weighted by Crippen LogP contribution is -2.48. The minimum Gasteiger partial charge on any atom is -0.354 e. The number of aromatic nitrogens is 1. The molecule has 1 aromatic heterocycles. The first-order valence-corrected chi connectivity index (χ1v) is 11.8. The Hall–Kier alpha value is -2.54. The fourth-order valence-electron chi connectivity index (χ4n) is 3.87. The molecule has 162 valence electrons. The Morgan fingerprint density at radius 2 is 1.55 bits per heavy atom. The summed E-state index contributed by atoms with van der Waals surface area (Å²) < 4.78 is 0. The number of hydrogen-bond acceptors (Lipinski definition) is 5. The average molecular weight is 435 g/mol. The molecular formula is C25H30N4OS. The van der Waals surface area contributed by atoms with Crippen LogP contribution in [0.2, 0.25) is 0 Å². The van der Waals surface area contributed by atoms with Crippen LogP contribution in [-0.4, -0.2) is 60.0 Å². The predicted octanol–water partition coefficient (Wildman–Crippen LogP) is 3.21.